The summed E-state index contributed by atoms with van der Waals surface area (Å²) in [5.74, 6) is 0. The third-order valence-corrected chi connectivity index (χ3v) is 18.8. The van der Waals surface area contributed by atoms with Crippen LogP contribution in [-0.2, 0) is 0 Å². The van der Waals surface area contributed by atoms with Crippen molar-refractivity contribution in [3.05, 3.63) is 106 Å². The molecule has 0 heterocycles. The number of allylic oxidation sites excluding steroid dienone is 1. The van der Waals surface area contributed by atoms with Crippen LogP contribution in [0.4, 0.5) is 0 Å². The van der Waals surface area contributed by atoms with E-state index >= 15 is 0 Å². The van der Waals surface area contributed by atoms with Gasteiger partial charge in [0, 0.05) is 0 Å². The fourth-order valence-corrected chi connectivity index (χ4v) is 17.1. The van der Waals surface area contributed by atoms with Gasteiger partial charge in [-0.15, -0.1) is 0 Å². The van der Waals surface area contributed by atoms with Crippen LogP contribution in [0.5, 0.6) is 0 Å². The molecule has 0 radical (unpaired) electrons. The van der Waals surface area contributed by atoms with E-state index in [4.69, 9.17) is 0 Å². The summed E-state index contributed by atoms with van der Waals surface area (Å²) in [7, 11) is 0. The first kappa shape index (κ1) is 18.8. The maximum absolute atomic E-state index is 3.70. The van der Waals surface area contributed by atoms with Crippen LogP contribution < -0.4 is 10.7 Å². The molecule has 0 fully saturated rings. The van der Waals surface area contributed by atoms with Crippen LogP contribution in [0.15, 0.2) is 106 Å². The van der Waals surface area contributed by atoms with Gasteiger partial charge >= 0.3 is 162 Å². The van der Waals surface area contributed by atoms with Crippen molar-refractivity contribution in [1.82, 2.24) is 0 Å². The molecule has 0 bridgehead atoms. The van der Waals surface area contributed by atoms with Gasteiger partial charge in [0.25, 0.3) is 0 Å². The zero-order valence-electron chi connectivity index (χ0n) is 15.7. The zero-order chi connectivity index (χ0) is 18.2. The van der Waals surface area contributed by atoms with Crippen LogP contribution in [-0.4, -0.2) is 18.4 Å². The molecule has 0 N–H and O–H groups in total. The summed E-state index contributed by atoms with van der Waals surface area (Å²) in [5.41, 5.74) is 3.70. The minimum atomic E-state index is -3.31. The molecule has 3 aromatic carbocycles. The van der Waals surface area contributed by atoms with E-state index in [9.17, 15) is 0 Å². The summed E-state index contributed by atoms with van der Waals surface area (Å²) in [6.45, 7) is 4.52. The molecular formula is C25H26Sn. The van der Waals surface area contributed by atoms with E-state index in [1.54, 1.807) is 0 Å². The molecule has 0 saturated carbocycles. The van der Waals surface area contributed by atoms with Crippen molar-refractivity contribution in [3.63, 3.8) is 0 Å². The van der Waals surface area contributed by atoms with Crippen LogP contribution in [0.1, 0.15) is 26.7 Å². The molecule has 0 unspecified atom stereocenters. The van der Waals surface area contributed by atoms with Crippen LogP contribution in [0.2, 0.25) is 0 Å². The Hall–Kier alpha value is -2.02. The van der Waals surface area contributed by atoms with Gasteiger partial charge in [-0.3, -0.25) is 0 Å². The van der Waals surface area contributed by atoms with Gasteiger partial charge in [0.15, 0.2) is 0 Å². The summed E-state index contributed by atoms with van der Waals surface area (Å²) in [5, 5.41) is 0. The van der Waals surface area contributed by atoms with Crippen LogP contribution in [0.3, 0.4) is 0 Å². The Labute approximate surface area is 161 Å². The predicted octanol–water partition coefficient (Wildman–Crippen LogP) is 4.60. The minimum absolute atomic E-state index is 1.08. The van der Waals surface area contributed by atoms with E-state index < -0.39 is 18.4 Å². The molecule has 1 heteroatoms. The summed E-state index contributed by atoms with van der Waals surface area (Å²) >= 11 is -3.31. The van der Waals surface area contributed by atoms with Crippen LogP contribution in [0.25, 0.3) is 0 Å². The van der Waals surface area contributed by atoms with E-state index in [0.29, 0.717) is 0 Å². The second kappa shape index (κ2) is 9.07. The van der Waals surface area contributed by atoms with Crippen LogP contribution >= 0.6 is 0 Å². The summed E-state index contributed by atoms with van der Waals surface area (Å²) < 4.78 is 5.87. The van der Waals surface area contributed by atoms with Gasteiger partial charge in [-0.05, 0) is 0 Å². The molecule has 0 aromatic heterocycles. The molecule has 0 spiro atoms. The van der Waals surface area contributed by atoms with E-state index in [-0.39, 0.29) is 0 Å². The third kappa shape index (κ3) is 3.72. The topological polar surface area (TPSA) is 0 Å². The number of unbranched alkanes of at least 4 members (excludes halogenated alkanes) is 1. The monoisotopic (exact) mass is 446 g/mol. The van der Waals surface area contributed by atoms with Crippen molar-refractivity contribution in [3.8, 4) is 0 Å². The first-order valence-corrected chi connectivity index (χ1v) is 15.1. The average Bonchev–Trinajstić information content (AvgIpc) is 2.71. The van der Waals surface area contributed by atoms with Gasteiger partial charge in [0.2, 0.25) is 0 Å². The molecule has 0 amide bonds. The summed E-state index contributed by atoms with van der Waals surface area (Å²) in [6, 6.07) is 33.3. The molecular weight excluding hydrogens is 419 g/mol. The van der Waals surface area contributed by atoms with Gasteiger partial charge < -0.3 is 0 Å². The predicted molar refractivity (Wildman–Crippen MR) is 116 cm³/mol. The number of benzene rings is 3. The molecule has 0 nitrogen and oxygen atoms in total. The third-order valence-electron chi connectivity index (χ3n) is 4.93. The standard InChI is InChI=1S/C7H11.3C6H5.Sn/c1-3-5-7-6-4-2;3*1-2-4-6-5-3-1;/h7H,3,5H2,1-2H3;3*1-5H;. The first-order valence-electron chi connectivity index (χ1n) is 9.39. The summed E-state index contributed by atoms with van der Waals surface area (Å²) in [6.07, 6.45) is 4.47. The Morgan fingerprint density at radius 1 is 0.731 bits per heavy atom. The second-order valence-corrected chi connectivity index (χ2v) is 18.0. The average molecular weight is 445 g/mol. The molecule has 130 valence electrons. The Kier molecular flexibility index (Phi) is 6.55. The number of hydrogen-bond acceptors (Lipinski definition) is 0. The number of rotatable bonds is 6. The van der Waals surface area contributed by atoms with Gasteiger partial charge in [-0.1, -0.05) is 0 Å². The van der Waals surface area contributed by atoms with Gasteiger partial charge in [0.05, 0.1) is 0 Å². The first-order chi connectivity index (χ1) is 12.8. The molecule has 0 saturated heterocycles. The second-order valence-electron chi connectivity index (χ2n) is 6.61. The maximum atomic E-state index is 3.70. The van der Waals surface area contributed by atoms with Crippen molar-refractivity contribution < 1.29 is 0 Å². The molecule has 26 heavy (non-hydrogen) atoms. The molecule has 0 aliphatic carbocycles. The van der Waals surface area contributed by atoms with Crippen LogP contribution in [0, 0.1) is 0 Å². The Morgan fingerprint density at radius 3 is 1.46 bits per heavy atom. The fourth-order valence-electron chi connectivity index (χ4n) is 3.69. The SMILES string of the molecule is CCCC=C=[C](C)[Sn]([c]1ccccc1)([c]1ccccc1)[c]1ccccc1. The quantitative estimate of drug-likeness (QED) is 0.385. The molecule has 0 aliphatic heterocycles. The van der Waals surface area contributed by atoms with Crippen molar-refractivity contribution >= 4 is 29.1 Å². The van der Waals surface area contributed by atoms with E-state index in [0.717, 1.165) is 12.8 Å². The zero-order valence-corrected chi connectivity index (χ0v) is 18.5. The van der Waals surface area contributed by atoms with Gasteiger partial charge in [-0.25, -0.2) is 0 Å². The van der Waals surface area contributed by atoms with E-state index in [2.05, 4.69) is 117 Å². The molecule has 3 rings (SSSR count). The van der Waals surface area contributed by atoms with E-state index in [1.165, 1.54) is 14.3 Å². The van der Waals surface area contributed by atoms with Crippen molar-refractivity contribution in [1.29, 1.82) is 0 Å². The van der Waals surface area contributed by atoms with E-state index in [1.807, 2.05) is 0 Å². The molecule has 3 aromatic rings. The van der Waals surface area contributed by atoms with Crippen molar-refractivity contribution in [2.45, 2.75) is 26.7 Å². The summed E-state index contributed by atoms with van der Waals surface area (Å²) in [4.78, 5) is 0. The van der Waals surface area contributed by atoms with Crippen molar-refractivity contribution in [2.75, 3.05) is 0 Å². The molecule has 0 aliphatic rings. The van der Waals surface area contributed by atoms with Crippen molar-refractivity contribution in [2.24, 2.45) is 0 Å². The fraction of sp³-hybridized carbons (Fsp3) is 0.160. The normalized spacial score (nSPS) is 10.8. The Bertz CT molecular complexity index is 777. The Balaban J connectivity index is 2.38. The number of hydrogen-bond donors (Lipinski definition) is 0. The molecule has 0 atom stereocenters. The van der Waals surface area contributed by atoms with Gasteiger partial charge in [0.1, 0.15) is 0 Å². The Morgan fingerprint density at radius 2 is 1.12 bits per heavy atom. The van der Waals surface area contributed by atoms with Gasteiger partial charge in [-0.2, -0.15) is 0 Å².